The summed E-state index contributed by atoms with van der Waals surface area (Å²) in [5.74, 6) is 0. The van der Waals surface area contributed by atoms with Gasteiger partial charge in [0.25, 0.3) is 0 Å². The average molecular weight is 181 g/mol. The summed E-state index contributed by atoms with van der Waals surface area (Å²) < 4.78 is 13.4. The predicted molar refractivity (Wildman–Crippen MR) is 53.6 cm³/mol. The maximum atomic E-state index is 13.4. The van der Waals surface area contributed by atoms with Gasteiger partial charge >= 0.3 is 0 Å². The Morgan fingerprint density at radius 3 is 2.08 bits per heavy atom. The number of aryl methyl sites for hydroxylation is 3. The van der Waals surface area contributed by atoms with Crippen molar-refractivity contribution in [1.29, 1.82) is 0 Å². The molecule has 0 saturated heterocycles. The number of hydrogen-bond acceptors (Lipinski definition) is 1. The molecule has 0 bridgehead atoms. The topological polar surface area (TPSA) is 26.0 Å². The maximum absolute atomic E-state index is 13.4. The standard InChI is InChI=1S/C11H16FN/c1-7-4-8(2)11(9(3)5-7)10(12)6-13/h4-5,10H,6,13H2,1-3H3. The summed E-state index contributed by atoms with van der Waals surface area (Å²) in [7, 11) is 0. The lowest BCUT2D eigenvalue weighted by molar-refractivity contribution is 0.350. The highest BCUT2D eigenvalue weighted by Crippen LogP contribution is 2.25. The highest BCUT2D eigenvalue weighted by atomic mass is 19.1. The Kier molecular flexibility index (Phi) is 3.04. The molecule has 0 heterocycles. The third kappa shape index (κ3) is 2.07. The fraction of sp³-hybridized carbons (Fsp3) is 0.455. The van der Waals surface area contributed by atoms with Gasteiger partial charge in [-0.1, -0.05) is 17.7 Å². The first kappa shape index (κ1) is 10.2. The molecule has 2 N–H and O–H groups in total. The maximum Gasteiger partial charge on any atom is 0.138 e. The molecule has 0 saturated carbocycles. The van der Waals surface area contributed by atoms with Crippen LogP contribution in [0.4, 0.5) is 4.39 Å². The van der Waals surface area contributed by atoms with Gasteiger partial charge in [-0.3, -0.25) is 0 Å². The minimum Gasteiger partial charge on any atom is -0.327 e. The zero-order valence-corrected chi connectivity index (χ0v) is 8.39. The number of alkyl halides is 1. The summed E-state index contributed by atoms with van der Waals surface area (Å²) in [6, 6.07) is 3.98. The molecular weight excluding hydrogens is 165 g/mol. The van der Waals surface area contributed by atoms with E-state index in [1.54, 1.807) is 0 Å². The molecule has 1 atom stereocenters. The van der Waals surface area contributed by atoms with E-state index in [-0.39, 0.29) is 6.54 Å². The third-order valence-corrected chi connectivity index (χ3v) is 2.26. The highest BCUT2D eigenvalue weighted by molar-refractivity contribution is 5.39. The van der Waals surface area contributed by atoms with Crippen molar-refractivity contribution in [3.05, 3.63) is 34.4 Å². The monoisotopic (exact) mass is 181 g/mol. The number of hydrogen-bond donors (Lipinski definition) is 1. The van der Waals surface area contributed by atoms with Gasteiger partial charge in [0.05, 0.1) is 0 Å². The second-order valence-corrected chi connectivity index (χ2v) is 3.52. The normalized spacial score (nSPS) is 13.0. The molecule has 1 nitrogen and oxygen atoms in total. The molecule has 1 unspecified atom stereocenters. The van der Waals surface area contributed by atoms with Crippen LogP contribution in [0.5, 0.6) is 0 Å². The van der Waals surface area contributed by atoms with E-state index in [2.05, 4.69) is 0 Å². The first-order valence-electron chi connectivity index (χ1n) is 4.48. The Hall–Kier alpha value is -0.890. The van der Waals surface area contributed by atoms with Gasteiger partial charge in [0, 0.05) is 6.54 Å². The molecule has 0 aliphatic heterocycles. The fourth-order valence-electron chi connectivity index (χ4n) is 1.80. The molecule has 13 heavy (non-hydrogen) atoms. The largest absolute Gasteiger partial charge is 0.327 e. The zero-order valence-electron chi connectivity index (χ0n) is 8.39. The van der Waals surface area contributed by atoms with Crippen molar-refractivity contribution in [3.8, 4) is 0 Å². The SMILES string of the molecule is Cc1cc(C)c(C(F)CN)c(C)c1. The van der Waals surface area contributed by atoms with Crippen molar-refractivity contribution in [2.75, 3.05) is 6.54 Å². The van der Waals surface area contributed by atoms with Gasteiger partial charge in [0.1, 0.15) is 6.17 Å². The minimum absolute atomic E-state index is 0.0603. The molecule has 1 aromatic rings. The zero-order chi connectivity index (χ0) is 10.0. The van der Waals surface area contributed by atoms with Gasteiger partial charge in [-0.05, 0) is 37.5 Å². The first-order chi connectivity index (χ1) is 6.06. The van der Waals surface area contributed by atoms with E-state index < -0.39 is 6.17 Å². The summed E-state index contributed by atoms with van der Waals surface area (Å²) >= 11 is 0. The fourth-order valence-corrected chi connectivity index (χ4v) is 1.80. The second kappa shape index (κ2) is 3.88. The molecule has 2 heteroatoms. The van der Waals surface area contributed by atoms with E-state index in [1.807, 2.05) is 32.9 Å². The molecule has 0 radical (unpaired) electrons. The Bertz CT molecular complexity index is 284. The third-order valence-electron chi connectivity index (χ3n) is 2.26. The molecular formula is C11H16FN. The van der Waals surface area contributed by atoms with Crippen LogP contribution < -0.4 is 5.73 Å². The molecule has 0 amide bonds. The van der Waals surface area contributed by atoms with Crippen LogP contribution in [0.2, 0.25) is 0 Å². The Morgan fingerprint density at radius 1 is 1.23 bits per heavy atom. The Balaban J connectivity index is 3.20. The van der Waals surface area contributed by atoms with Crippen molar-refractivity contribution >= 4 is 0 Å². The quantitative estimate of drug-likeness (QED) is 0.745. The van der Waals surface area contributed by atoms with Crippen molar-refractivity contribution in [1.82, 2.24) is 0 Å². The van der Waals surface area contributed by atoms with E-state index in [1.165, 1.54) is 5.56 Å². The van der Waals surface area contributed by atoms with Crippen molar-refractivity contribution in [3.63, 3.8) is 0 Å². The first-order valence-corrected chi connectivity index (χ1v) is 4.48. The highest BCUT2D eigenvalue weighted by Gasteiger charge is 2.13. The average Bonchev–Trinajstić information content (AvgIpc) is 2.02. The van der Waals surface area contributed by atoms with Crippen LogP contribution in [0.15, 0.2) is 12.1 Å². The summed E-state index contributed by atoms with van der Waals surface area (Å²) in [4.78, 5) is 0. The Morgan fingerprint density at radius 2 is 1.69 bits per heavy atom. The molecule has 1 rings (SSSR count). The van der Waals surface area contributed by atoms with Crippen LogP contribution in [-0.4, -0.2) is 6.54 Å². The predicted octanol–water partition coefficient (Wildman–Crippen LogP) is 2.58. The number of halogens is 1. The molecule has 0 aliphatic rings. The van der Waals surface area contributed by atoms with E-state index in [9.17, 15) is 4.39 Å². The van der Waals surface area contributed by atoms with Crippen LogP contribution in [0.3, 0.4) is 0 Å². The van der Waals surface area contributed by atoms with E-state index in [4.69, 9.17) is 5.73 Å². The van der Waals surface area contributed by atoms with Gasteiger partial charge < -0.3 is 5.73 Å². The summed E-state index contributed by atoms with van der Waals surface area (Å²) in [6.45, 7) is 5.93. The van der Waals surface area contributed by atoms with Crippen LogP contribution in [0.1, 0.15) is 28.4 Å². The van der Waals surface area contributed by atoms with Crippen molar-refractivity contribution < 1.29 is 4.39 Å². The van der Waals surface area contributed by atoms with Gasteiger partial charge in [-0.25, -0.2) is 4.39 Å². The van der Waals surface area contributed by atoms with Crippen molar-refractivity contribution in [2.45, 2.75) is 26.9 Å². The lowest BCUT2D eigenvalue weighted by atomic mass is 9.96. The molecule has 72 valence electrons. The number of rotatable bonds is 2. The molecule has 0 fully saturated rings. The minimum atomic E-state index is -1.03. The number of nitrogens with two attached hydrogens (primary N) is 1. The molecule has 1 aromatic carbocycles. The van der Waals surface area contributed by atoms with Gasteiger partial charge in [-0.2, -0.15) is 0 Å². The summed E-state index contributed by atoms with van der Waals surface area (Å²) in [5, 5.41) is 0. The molecule has 0 aliphatic carbocycles. The van der Waals surface area contributed by atoms with E-state index in [0.29, 0.717) is 0 Å². The lowest BCUT2D eigenvalue weighted by Crippen LogP contribution is -2.10. The van der Waals surface area contributed by atoms with Crippen LogP contribution >= 0.6 is 0 Å². The summed E-state index contributed by atoms with van der Waals surface area (Å²) in [6.07, 6.45) is -1.03. The van der Waals surface area contributed by atoms with Crippen LogP contribution in [-0.2, 0) is 0 Å². The smallest absolute Gasteiger partial charge is 0.138 e. The lowest BCUT2D eigenvalue weighted by Gasteiger charge is -2.13. The van der Waals surface area contributed by atoms with Crippen molar-refractivity contribution in [2.24, 2.45) is 5.73 Å². The summed E-state index contributed by atoms with van der Waals surface area (Å²) in [5.41, 5.74) is 9.22. The Labute approximate surface area is 78.8 Å². The van der Waals surface area contributed by atoms with Gasteiger partial charge in [0.2, 0.25) is 0 Å². The number of benzene rings is 1. The second-order valence-electron chi connectivity index (χ2n) is 3.52. The van der Waals surface area contributed by atoms with Crippen LogP contribution in [0, 0.1) is 20.8 Å². The van der Waals surface area contributed by atoms with E-state index >= 15 is 0 Å². The van der Waals surface area contributed by atoms with Crippen LogP contribution in [0.25, 0.3) is 0 Å². The molecule has 0 spiro atoms. The van der Waals surface area contributed by atoms with E-state index in [0.717, 1.165) is 16.7 Å². The molecule has 0 aromatic heterocycles. The van der Waals surface area contributed by atoms with Gasteiger partial charge in [-0.15, -0.1) is 0 Å². The van der Waals surface area contributed by atoms with Gasteiger partial charge in [0.15, 0.2) is 0 Å².